The van der Waals surface area contributed by atoms with Crippen molar-refractivity contribution in [2.24, 2.45) is 0 Å². The Balaban J connectivity index is 1.71. The number of nitrogens with zero attached hydrogens (tertiary/aromatic N) is 2. The molecule has 6 heteroatoms. The summed E-state index contributed by atoms with van der Waals surface area (Å²) in [6.45, 7) is 3.50. The van der Waals surface area contributed by atoms with Gasteiger partial charge in [0, 0.05) is 19.6 Å². The molecule has 1 aliphatic carbocycles. The van der Waals surface area contributed by atoms with E-state index in [-0.39, 0.29) is 18.6 Å². The standard InChI is InChI=1S/C16H28N4O2/c1-20-8-9-22-14(12-20)10-18-11-15(21)19-16(13-17)6-4-2-3-5-7-16/h14,18H,2-12H2,1H3,(H,19,21)/t14-/m0/s1. The lowest BCUT2D eigenvalue weighted by molar-refractivity contribution is -0.121. The zero-order chi connectivity index (χ0) is 15.8. The van der Waals surface area contributed by atoms with Crippen molar-refractivity contribution < 1.29 is 9.53 Å². The van der Waals surface area contributed by atoms with E-state index in [1.165, 1.54) is 0 Å². The Kier molecular flexibility index (Phi) is 6.62. The van der Waals surface area contributed by atoms with Crippen molar-refractivity contribution in [2.75, 3.05) is 39.8 Å². The van der Waals surface area contributed by atoms with Crippen molar-refractivity contribution in [3.63, 3.8) is 0 Å². The van der Waals surface area contributed by atoms with E-state index < -0.39 is 5.54 Å². The molecule has 6 nitrogen and oxygen atoms in total. The number of nitriles is 1. The summed E-state index contributed by atoms with van der Waals surface area (Å²) in [6.07, 6.45) is 6.02. The van der Waals surface area contributed by atoms with Gasteiger partial charge in [-0.2, -0.15) is 5.26 Å². The van der Waals surface area contributed by atoms with Gasteiger partial charge >= 0.3 is 0 Å². The summed E-state index contributed by atoms with van der Waals surface area (Å²) in [4.78, 5) is 14.3. The lowest BCUT2D eigenvalue weighted by Crippen LogP contribution is -2.51. The Bertz CT molecular complexity index is 399. The van der Waals surface area contributed by atoms with Crippen molar-refractivity contribution in [1.29, 1.82) is 5.26 Å². The molecule has 0 aromatic rings. The molecule has 0 bridgehead atoms. The largest absolute Gasteiger partial charge is 0.374 e. The number of hydrogen-bond acceptors (Lipinski definition) is 5. The molecule has 1 heterocycles. The van der Waals surface area contributed by atoms with Gasteiger partial charge in [0.15, 0.2) is 0 Å². The minimum absolute atomic E-state index is 0.0902. The van der Waals surface area contributed by atoms with Crippen LogP contribution in [0.5, 0.6) is 0 Å². The summed E-state index contributed by atoms with van der Waals surface area (Å²) < 4.78 is 5.65. The highest BCUT2D eigenvalue weighted by atomic mass is 16.5. The second-order valence-electron chi connectivity index (χ2n) is 6.54. The van der Waals surface area contributed by atoms with Crippen LogP contribution < -0.4 is 10.6 Å². The SMILES string of the molecule is CN1CCO[C@@H](CNCC(=O)NC2(C#N)CCCCCC2)C1. The zero-order valence-electron chi connectivity index (χ0n) is 13.6. The van der Waals surface area contributed by atoms with Gasteiger partial charge in [0.05, 0.1) is 25.3 Å². The third-order valence-corrected chi connectivity index (χ3v) is 4.55. The Hall–Kier alpha value is -1.16. The van der Waals surface area contributed by atoms with E-state index in [9.17, 15) is 10.1 Å². The van der Waals surface area contributed by atoms with Crippen molar-refractivity contribution >= 4 is 5.91 Å². The second kappa shape index (κ2) is 8.47. The number of hydrogen-bond donors (Lipinski definition) is 2. The van der Waals surface area contributed by atoms with Crippen molar-refractivity contribution in [1.82, 2.24) is 15.5 Å². The Morgan fingerprint density at radius 2 is 2.09 bits per heavy atom. The van der Waals surface area contributed by atoms with Gasteiger partial charge in [-0.25, -0.2) is 0 Å². The molecule has 1 saturated heterocycles. The molecule has 1 amide bonds. The molecule has 1 saturated carbocycles. The summed E-state index contributed by atoms with van der Waals surface area (Å²) in [5, 5.41) is 15.6. The number of rotatable bonds is 5. The lowest BCUT2D eigenvalue weighted by atomic mass is 9.92. The number of carbonyl (C=O) groups excluding carboxylic acids is 1. The quantitative estimate of drug-likeness (QED) is 0.729. The van der Waals surface area contributed by atoms with Gasteiger partial charge in [-0.1, -0.05) is 25.7 Å². The van der Waals surface area contributed by atoms with Gasteiger partial charge < -0.3 is 20.3 Å². The molecule has 0 aromatic heterocycles. The van der Waals surface area contributed by atoms with Crippen LogP contribution >= 0.6 is 0 Å². The van der Waals surface area contributed by atoms with Crippen LogP contribution in [0.25, 0.3) is 0 Å². The normalized spacial score (nSPS) is 25.9. The van der Waals surface area contributed by atoms with Gasteiger partial charge in [0.25, 0.3) is 0 Å². The van der Waals surface area contributed by atoms with Crippen molar-refractivity contribution in [2.45, 2.75) is 50.2 Å². The minimum atomic E-state index is -0.656. The van der Waals surface area contributed by atoms with Gasteiger partial charge in [-0.3, -0.25) is 4.79 Å². The molecular weight excluding hydrogens is 280 g/mol. The highest BCUT2D eigenvalue weighted by Crippen LogP contribution is 2.26. The molecule has 0 radical (unpaired) electrons. The van der Waals surface area contributed by atoms with Gasteiger partial charge in [0.2, 0.25) is 5.91 Å². The third kappa shape index (κ3) is 5.24. The molecule has 0 spiro atoms. The Morgan fingerprint density at radius 3 is 2.73 bits per heavy atom. The van der Waals surface area contributed by atoms with Crippen LogP contribution in [-0.2, 0) is 9.53 Å². The number of nitrogens with one attached hydrogen (secondary N) is 2. The molecular formula is C16H28N4O2. The topological polar surface area (TPSA) is 77.4 Å². The van der Waals surface area contributed by atoms with E-state index in [2.05, 4.69) is 28.7 Å². The first kappa shape index (κ1) is 17.2. The van der Waals surface area contributed by atoms with Crippen LogP contribution in [0, 0.1) is 11.3 Å². The van der Waals surface area contributed by atoms with Gasteiger partial charge in [-0.05, 0) is 19.9 Å². The van der Waals surface area contributed by atoms with Crippen LogP contribution in [0.3, 0.4) is 0 Å². The fourth-order valence-electron chi connectivity index (χ4n) is 3.24. The molecule has 1 aliphatic heterocycles. The van der Waals surface area contributed by atoms with Crippen LogP contribution in [0.1, 0.15) is 38.5 Å². The predicted molar refractivity (Wildman–Crippen MR) is 84.3 cm³/mol. The zero-order valence-corrected chi connectivity index (χ0v) is 13.6. The molecule has 0 aromatic carbocycles. The van der Waals surface area contributed by atoms with E-state index in [0.29, 0.717) is 6.54 Å². The monoisotopic (exact) mass is 308 g/mol. The number of likely N-dealkylation sites (N-methyl/N-ethyl adjacent to an activating group) is 1. The molecule has 1 atom stereocenters. The number of ether oxygens (including phenoxy) is 1. The first-order valence-corrected chi connectivity index (χ1v) is 8.37. The fraction of sp³-hybridized carbons (Fsp3) is 0.875. The highest BCUT2D eigenvalue weighted by molar-refractivity contribution is 5.79. The Morgan fingerprint density at radius 1 is 1.36 bits per heavy atom. The smallest absolute Gasteiger partial charge is 0.235 e. The molecule has 124 valence electrons. The second-order valence-corrected chi connectivity index (χ2v) is 6.54. The molecule has 2 rings (SSSR count). The third-order valence-electron chi connectivity index (χ3n) is 4.55. The Labute approximate surface area is 133 Å². The van der Waals surface area contributed by atoms with Crippen LogP contribution in [0.2, 0.25) is 0 Å². The number of amides is 1. The maximum atomic E-state index is 12.1. The van der Waals surface area contributed by atoms with Crippen LogP contribution in [0.4, 0.5) is 0 Å². The first-order chi connectivity index (χ1) is 10.6. The maximum Gasteiger partial charge on any atom is 0.235 e. The molecule has 22 heavy (non-hydrogen) atoms. The van der Waals surface area contributed by atoms with Gasteiger partial charge in [0.1, 0.15) is 5.54 Å². The van der Waals surface area contributed by atoms with Crippen molar-refractivity contribution in [3.05, 3.63) is 0 Å². The predicted octanol–water partition coefficient (Wildman–Crippen LogP) is 0.639. The molecule has 2 fully saturated rings. The maximum absolute atomic E-state index is 12.1. The average molecular weight is 308 g/mol. The fourth-order valence-corrected chi connectivity index (χ4v) is 3.24. The highest BCUT2D eigenvalue weighted by Gasteiger charge is 2.32. The number of carbonyl (C=O) groups is 1. The van der Waals surface area contributed by atoms with E-state index in [0.717, 1.165) is 58.2 Å². The summed E-state index contributed by atoms with van der Waals surface area (Å²) in [7, 11) is 2.07. The molecule has 2 N–H and O–H groups in total. The summed E-state index contributed by atoms with van der Waals surface area (Å²) in [6, 6.07) is 2.34. The van der Waals surface area contributed by atoms with E-state index in [1.54, 1.807) is 0 Å². The average Bonchev–Trinajstić information content (AvgIpc) is 2.73. The summed E-state index contributed by atoms with van der Waals surface area (Å²) in [5.74, 6) is -0.0902. The van der Waals surface area contributed by atoms with Crippen LogP contribution in [-0.4, -0.2) is 62.3 Å². The summed E-state index contributed by atoms with van der Waals surface area (Å²) in [5.41, 5.74) is -0.656. The summed E-state index contributed by atoms with van der Waals surface area (Å²) >= 11 is 0. The van der Waals surface area contributed by atoms with Gasteiger partial charge in [-0.15, -0.1) is 0 Å². The first-order valence-electron chi connectivity index (χ1n) is 8.37. The van der Waals surface area contributed by atoms with Crippen molar-refractivity contribution in [3.8, 4) is 6.07 Å². The number of morpholine rings is 1. The molecule has 2 aliphatic rings. The van der Waals surface area contributed by atoms with E-state index in [1.807, 2.05) is 0 Å². The van der Waals surface area contributed by atoms with E-state index in [4.69, 9.17) is 4.74 Å². The minimum Gasteiger partial charge on any atom is -0.374 e. The van der Waals surface area contributed by atoms with Crippen LogP contribution in [0.15, 0.2) is 0 Å². The lowest BCUT2D eigenvalue weighted by Gasteiger charge is -2.30. The van der Waals surface area contributed by atoms with E-state index >= 15 is 0 Å². The molecule has 0 unspecified atom stereocenters.